The van der Waals surface area contributed by atoms with Crippen molar-refractivity contribution >= 4 is 11.7 Å². The molecule has 2 rings (SSSR count). The van der Waals surface area contributed by atoms with Crippen LogP contribution in [-0.2, 0) is 0 Å². The predicted molar refractivity (Wildman–Crippen MR) is 56.6 cm³/mol. The minimum Gasteiger partial charge on any atom is -0.388 e. The number of pyridine rings is 1. The summed E-state index contributed by atoms with van der Waals surface area (Å²) < 4.78 is 0. The maximum Gasteiger partial charge on any atom is 0.257 e. The fraction of sp³-hybridized carbons (Fsp3) is 0.400. The van der Waals surface area contributed by atoms with Gasteiger partial charge < -0.3 is 20.8 Å². The van der Waals surface area contributed by atoms with Crippen molar-refractivity contribution in [2.45, 2.75) is 12.2 Å². The molecule has 2 heterocycles. The van der Waals surface area contributed by atoms with Crippen LogP contribution in [0.5, 0.6) is 0 Å². The van der Waals surface area contributed by atoms with Crippen molar-refractivity contribution in [1.29, 1.82) is 0 Å². The van der Waals surface area contributed by atoms with Gasteiger partial charge in [0.1, 0.15) is 5.82 Å². The summed E-state index contributed by atoms with van der Waals surface area (Å²) in [6, 6.07) is 3.19. The van der Waals surface area contributed by atoms with Gasteiger partial charge in [0.25, 0.3) is 5.91 Å². The first-order chi connectivity index (χ1) is 7.59. The van der Waals surface area contributed by atoms with Crippen LogP contribution in [0.1, 0.15) is 10.4 Å². The van der Waals surface area contributed by atoms with Gasteiger partial charge in [0.15, 0.2) is 0 Å². The molecule has 0 bridgehead atoms. The number of likely N-dealkylation sites (tertiary alicyclic amines) is 1. The third kappa shape index (κ3) is 1.84. The van der Waals surface area contributed by atoms with Crippen molar-refractivity contribution < 1.29 is 15.0 Å². The standard InChI is InChI=1S/C10H13N3O3/c11-9-6(2-1-3-12-9)10(16)13-4-7(14)8(15)5-13/h1-3,7-8,14-15H,4-5H2,(H2,11,12). The monoisotopic (exact) mass is 223 g/mol. The van der Waals surface area contributed by atoms with Gasteiger partial charge in [-0.3, -0.25) is 4.79 Å². The van der Waals surface area contributed by atoms with Crippen molar-refractivity contribution in [3.8, 4) is 0 Å². The highest BCUT2D eigenvalue weighted by atomic mass is 16.3. The number of nitrogen functional groups attached to an aromatic ring is 1. The third-order valence-electron chi connectivity index (χ3n) is 2.62. The third-order valence-corrected chi connectivity index (χ3v) is 2.62. The van der Waals surface area contributed by atoms with Gasteiger partial charge in [0.2, 0.25) is 0 Å². The van der Waals surface area contributed by atoms with Crippen LogP contribution in [0.2, 0.25) is 0 Å². The molecule has 0 aromatic carbocycles. The lowest BCUT2D eigenvalue weighted by atomic mass is 10.2. The van der Waals surface area contributed by atoms with E-state index in [1.807, 2.05) is 0 Å². The number of carbonyl (C=O) groups excluding carboxylic acids is 1. The molecule has 1 aliphatic rings. The maximum atomic E-state index is 11.9. The number of carbonyl (C=O) groups is 1. The van der Waals surface area contributed by atoms with Crippen LogP contribution in [0.4, 0.5) is 5.82 Å². The molecule has 0 radical (unpaired) electrons. The number of hydrogen-bond acceptors (Lipinski definition) is 5. The second-order valence-corrected chi connectivity index (χ2v) is 3.78. The smallest absolute Gasteiger partial charge is 0.257 e. The Labute approximate surface area is 92.3 Å². The predicted octanol–water partition coefficient (Wildman–Crippen LogP) is -1.16. The van der Waals surface area contributed by atoms with Crippen LogP contribution < -0.4 is 5.73 Å². The molecule has 1 aliphatic heterocycles. The van der Waals surface area contributed by atoms with Gasteiger partial charge in [-0.15, -0.1) is 0 Å². The Morgan fingerprint density at radius 2 is 2.06 bits per heavy atom. The Kier molecular flexibility index (Phi) is 2.76. The number of nitrogens with two attached hydrogens (primary N) is 1. The Balaban J connectivity index is 2.18. The summed E-state index contributed by atoms with van der Waals surface area (Å²) in [5.41, 5.74) is 5.87. The largest absolute Gasteiger partial charge is 0.388 e. The van der Waals surface area contributed by atoms with Crippen molar-refractivity contribution in [3.05, 3.63) is 23.9 Å². The number of rotatable bonds is 1. The number of aliphatic hydroxyl groups is 2. The molecular formula is C10H13N3O3. The minimum absolute atomic E-state index is 0.119. The van der Waals surface area contributed by atoms with E-state index in [4.69, 9.17) is 5.73 Å². The number of β-amino-alcohol motifs (C(OH)–C–C–N with tert-alkyl or cyclic N) is 2. The fourth-order valence-electron chi connectivity index (χ4n) is 1.70. The van der Waals surface area contributed by atoms with Gasteiger partial charge in [-0.1, -0.05) is 0 Å². The van der Waals surface area contributed by atoms with Crippen LogP contribution in [0.15, 0.2) is 18.3 Å². The first-order valence-electron chi connectivity index (χ1n) is 4.95. The van der Waals surface area contributed by atoms with E-state index in [0.717, 1.165) is 0 Å². The molecule has 1 aromatic heterocycles. The zero-order valence-electron chi connectivity index (χ0n) is 8.58. The molecule has 86 valence electrons. The van der Waals surface area contributed by atoms with Gasteiger partial charge >= 0.3 is 0 Å². The number of aliphatic hydroxyl groups excluding tert-OH is 2. The van der Waals surface area contributed by atoms with E-state index in [-0.39, 0.29) is 24.8 Å². The van der Waals surface area contributed by atoms with Gasteiger partial charge in [-0.25, -0.2) is 4.98 Å². The Bertz CT molecular complexity index is 400. The molecule has 2 unspecified atom stereocenters. The molecule has 1 amide bonds. The summed E-state index contributed by atoms with van der Waals surface area (Å²) in [7, 11) is 0. The number of hydrogen-bond donors (Lipinski definition) is 3. The highest BCUT2D eigenvalue weighted by molar-refractivity contribution is 5.98. The van der Waals surface area contributed by atoms with Gasteiger partial charge in [0.05, 0.1) is 17.8 Å². The van der Waals surface area contributed by atoms with Gasteiger partial charge in [-0.2, -0.15) is 0 Å². The Morgan fingerprint density at radius 3 is 2.62 bits per heavy atom. The minimum atomic E-state index is -0.887. The van der Waals surface area contributed by atoms with E-state index >= 15 is 0 Å². The SMILES string of the molecule is Nc1ncccc1C(=O)N1CC(O)C(O)C1. The lowest BCUT2D eigenvalue weighted by molar-refractivity contribution is 0.0572. The Morgan fingerprint density at radius 1 is 1.44 bits per heavy atom. The average Bonchev–Trinajstić information content (AvgIpc) is 2.59. The fourth-order valence-corrected chi connectivity index (χ4v) is 1.70. The molecule has 2 atom stereocenters. The molecule has 1 saturated heterocycles. The van der Waals surface area contributed by atoms with E-state index < -0.39 is 12.2 Å². The number of nitrogens with zero attached hydrogens (tertiary/aromatic N) is 2. The topological polar surface area (TPSA) is 99.7 Å². The van der Waals surface area contributed by atoms with E-state index in [1.165, 1.54) is 11.1 Å². The summed E-state index contributed by atoms with van der Waals surface area (Å²) in [5, 5.41) is 18.7. The molecule has 0 aliphatic carbocycles. The van der Waals surface area contributed by atoms with E-state index in [0.29, 0.717) is 5.56 Å². The lowest BCUT2D eigenvalue weighted by Gasteiger charge is -2.15. The highest BCUT2D eigenvalue weighted by Gasteiger charge is 2.33. The quantitative estimate of drug-likeness (QED) is 0.557. The molecule has 16 heavy (non-hydrogen) atoms. The first-order valence-corrected chi connectivity index (χ1v) is 4.95. The molecule has 0 spiro atoms. The van der Waals surface area contributed by atoms with Crippen LogP contribution in [0.3, 0.4) is 0 Å². The van der Waals surface area contributed by atoms with Crippen molar-refractivity contribution in [2.24, 2.45) is 0 Å². The highest BCUT2D eigenvalue weighted by Crippen LogP contribution is 2.16. The first kappa shape index (κ1) is 10.8. The zero-order valence-corrected chi connectivity index (χ0v) is 8.58. The molecule has 1 aromatic rings. The normalized spacial score (nSPS) is 24.8. The number of anilines is 1. The van der Waals surface area contributed by atoms with Crippen molar-refractivity contribution in [3.63, 3.8) is 0 Å². The molecule has 6 nitrogen and oxygen atoms in total. The van der Waals surface area contributed by atoms with Crippen molar-refractivity contribution in [2.75, 3.05) is 18.8 Å². The van der Waals surface area contributed by atoms with Gasteiger partial charge in [-0.05, 0) is 12.1 Å². The Hall–Kier alpha value is -1.66. The van der Waals surface area contributed by atoms with E-state index in [2.05, 4.69) is 4.98 Å². The summed E-state index contributed by atoms with van der Waals surface area (Å²) in [4.78, 5) is 17.1. The summed E-state index contributed by atoms with van der Waals surface area (Å²) >= 11 is 0. The van der Waals surface area contributed by atoms with Gasteiger partial charge in [0, 0.05) is 19.3 Å². The number of aromatic nitrogens is 1. The number of amides is 1. The van der Waals surface area contributed by atoms with Crippen LogP contribution in [-0.4, -0.2) is 51.3 Å². The van der Waals surface area contributed by atoms with Crippen molar-refractivity contribution in [1.82, 2.24) is 9.88 Å². The summed E-state index contributed by atoms with van der Waals surface area (Å²) in [6.45, 7) is 0.239. The van der Waals surface area contributed by atoms with Crippen LogP contribution in [0.25, 0.3) is 0 Å². The van der Waals surface area contributed by atoms with Crippen LogP contribution in [0, 0.1) is 0 Å². The molecular weight excluding hydrogens is 210 g/mol. The van der Waals surface area contributed by atoms with E-state index in [1.54, 1.807) is 12.1 Å². The van der Waals surface area contributed by atoms with E-state index in [9.17, 15) is 15.0 Å². The van der Waals surface area contributed by atoms with Crippen LogP contribution >= 0.6 is 0 Å². The molecule has 4 N–H and O–H groups in total. The summed E-state index contributed by atoms with van der Waals surface area (Å²) in [5.74, 6) is -0.162. The maximum absolute atomic E-state index is 11.9. The molecule has 6 heteroatoms. The molecule has 1 fully saturated rings. The molecule has 0 saturated carbocycles. The average molecular weight is 223 g/mol. The second-order valence-electron chi connectivity index (χ2n) is 3.78. The second kappa shape index (κ2) is 4.07. The zero-order chi connectivity index (χ0) is 11.7. The summed E-state index contributed by atoms with van der Waals surface area (Å²) in [6.07, 6.45) is -0.275. The lowest BCUT2D eigenvalue weighted by Crippen LogP contribution is -2.30.